The summed E-state index contributed by atoms with van der Waals surface area (Å²) in [6.45, 7) is 2.14. The van der Waals surface area contributed by atoms with Crippen molar-refractivity contribution in [3.63, 3.8) is 0 Å². The van der Waals surface area contributed by atoms with E-state index in [4.69, 9.17) is 44.0 Å². The minimum Gasteiger partial charge on any atom is -0.419 e. The van der Waals surface area contributed by atoms with Gasteiger partial charge in [-0.05, 0) is 24.3 Å². The van der Waals surface area contributed by atoms with Gasteiger partial charge < -0.3 is 19.4 Å². The van der Waals surface area contributed by atoms with Gasteiger partial charge in [-0.2, -0.15) is 10.2 Å². The second kappa shape index (κ2) is 10.5. The lowest BCUT2D eigenvalue weighted by Crippen LogP contribution is -2.23. The number of anilines is 2. The van der Waals surface area contributed by atoms with Gasteiger partial charge in [-0.1, -0.05) is 34.8 Å². The van der Waals surface area contributed by atoms with Crippen LogP contribution in [0.5, 0.6) is 0 Å². The molecule has 3 rings (SSSR count). The summed E-state index contributed by atoms with van der Waals surface area (Å²) in [6.07, 6.45) is 3.50. The fourth-order valence-electron chi connectivity index (χ4n) is 2.61. The molecule has 3 aromatic rings. The first kappa shape index (κ1) is 22.2. The van der Waals surface area contributed by atoms with Crippen LogP contribution in [-0.4, -0.2) is 43.3 Å². The quantitative estimate of drug-likeness (QED) is 0.345. The Kier molecular flexibility index (Phi) is 7.77. The largest absolute Gasteiger partial charge is 0.419 e. The molecule has 0 fully saturated rings. The molecule has 1 aromatic carbocycles. The zero-order chi connectivity index (χ0) is 21.5. The van der Waals surface area contributed by atoms with E-state index in [1.807, 2.05) is 25.2 Å². The first-order valence-electron chi connectivity index (χ1n) is 8.98. The number of oxazole rings is 1. The molecule has 0 unspecified atom stereocenters. The normalized spacial score (nSPS) is 10.6. The molecular weight excluding hydrogens is 449 g/mol. The van der Waals surface area contributed by atoms with Gasteiger partial charge >= 0.3 is 0 Å². The predicted molar refractivity (Wildman–Crippen MR) is 118 cm³/mol. The van der Waals surface area contributed by atoms with Gasteiger partial charge in [0.05, 0.1) is 28.8 Å². The van der Waals surface area contributed by atoms with Crippen LogP contribution in [0.25, 0.3) is 11.5 Å². The summed E-state index contributed by atoms with van der Waals surface area (Å²) >= 11 is 18.3. The SMILES string of the molecule is CN(CCOCCNc1oc(-c2cc(Cl)cc(Cl)c2Cl)nc1C#N)c1ccncc1. The van der Waals surface area contributed by atoms with E-state index in [2.05, 4.69) is 20.2 Å². The summed E-state index contributed by atoms with van der Waals surface area (Å²) < 4.78 is 11.3. The summed E-state index contributed by atoms with van der Waals surface area (Å²) in [5.74, 6) is 0.389. The van der Waals surface area contributed by atoms with Crippen LogP contribution in [0.15, 0.2) is 41.1 Å². The van der Waals surface area contributed by atoms with Crippen LogP contribution in [0, 0.1) is 11.3 Å². The topological polar surface area (TPSA) is 87.2 Å². The standard InChI is InChI=1S/C20H18Cl3N5O2/c1-28(14-2-4-25-5-3-14)7-9-29-8-6-26-20-17(12-24)27-19(30-20)15-10-13(21)11-16(22)18(15)23/h2-5,10-11,26H,6-9H2,1H3. The lowest BCUT2D eigenvalue weighted by Gasteiger charge is -2.18. The zero-order valence-electron chi connectivity index (χ0n) is 16.0. The first-order chi connectivity index (χ1) is 14.5. The van der Waals surface area contributed by atoms with Gasteiger partial charge in [0.15, 0.2) is 0 Å². The molecule has 0 saturated heterocycles. The number of pyridine rings is 1. The molecule has 7 nitrogen and oxygen atoms in total. The van der Waals surface area contributed by atoms with Crippen LogP contribution < -0.4 is 10.2 Å². The fraction of sp³-hybridized carbons (Fsp3) is 0.250. The van der Waals surface area contributed by atoms with Crippen LogP contribution in [0.3, 0.4) is 0 Å². The Hall–Kier alpha value is -2.50. The number of ether oxygens (including phenoxy) is 1. The van der Waals surface area contributed by atoms with Crippen LogP contribution in [-0.2, 0) is 4.74 Å². The third kappa shape index (κ3) is 5.55. The molecule has 0 saturated carbocycles. The molecule has 2 heterocycles. The summed E-state index contributed by atoms with van der Waals surface area (Å²) in [7, 11) is 1.99. The van der Waals surface area contributed by atoms with Crippen molar-refractivity contribution < 1.29 is 9.15 Å². The van der Waals surface area contributed by atoms with Gasteiger partial charge in [0, 0.05) is 43.2 Å². The molecule has 156 valence electrons. The minimum absolute atomic E-state index is 0.106. The maximum atomic E-state index is 9.33. The van der Waals surface area contributed by atoms with E-state index in [9.17, 15) is 5.26 Å². The number of aromatic nitrogens is 2. The number of nitriles is 1. The van der Waals surface area contributed by atoms with Crippen molar-refractivity contribution in [2.75, 3.05) is 43.6 Å². The molecule has 0 aliphatic rings. The number of benzene rings is 1. The minimum atomic E-state index is 0.106. The Labute approximate surface area is 189 Å². The van der Waals surface area contributed by atoms with Gasteiger partial charge in [0.25, 0.3) is 0 Å². The summed E-state index contributed by atoms with van der Waals surface area (Å²) in [4.78, 5) is 10.2. The Morgan fingerprint density at radius 3 is 2.70 bits per heavy atom. The van der Waals surface area contributed by atoms with Gasteiger partial charge in [0.2, 0.25) is 17.5 Å². The van der Waals surface area contributed by atoms with Crippen LogP contribution in [0.2, 0.25) is 15.1 Å². The van der Waals surface area contributed by atoms with Crippen molar-refractivity contribution in [3.05, 3.63) is 57.4 Å². The summed E-state index contributed by atoms with van der Waals surface area (Å²) in [5, 5.41) is 13.3. The van der Waals surface area contributed by atoms with Crippen molar-refractivity contribution >= 4 is 46.4 Å². The van der Waals surface area contributed by atoms with Gasteiger partial charge in [-0.3, -0.25) is 4.98 Å². The molecule has 0 radical (unpaired) electrons. The highest BCUT2D eigenvalue weighted by Gasteiger charge is 2.18. The maximum Gasteiger partial charge on any atom is 0.232 e. The molecule has 30 heavy (non-hydrogen) atoms. The van der Waals surface area contributed by atoms with Crippen molar-refractivity contribution in [2.45, 2.75) is 0 Å². The summed E-state index contributed by atoms with van der Waals surface area (Å²) in [6, 6.07) is 8.96. The predicted octanol–water partition coefficient (Wildman–Crippen LogP) is 5.13. The molecule has 10 heteroatoms. The smallest absolute Gasteiger partial charge is 0.232 e. The van der Waals surface area contributed by atoms with Crippen LogP contribution in [0.4, 0.5) is 11.6 Å². The average Bonchev–Trinajstić information content (AvgIpc) is 3.16. The number of nitrogens with one attached hydrogen (secondary N) is 1. The molecule has 0 bridgehead atoms. The van der Waals surface area contributed by atoms with E-state index in [0.717, 1.165) is 12.2 Å². The Morgan fingerprint density at radius 1 is 1.20 bits per heavy atom. The molecule has 0 atom stereocenters. The third-order valence-electron chi connectivity index (χ3n) is 4.16. The monoisotopic (exact) mass is 465 g/mol. The number of halogens is 3. The fourth-order valence-corrected chi connectivity index (χ4v) is 3.29. The number of rotatable bonds is 9. The molecule has 0 spiro atoms. The summed E-state index contributed by atoms with van der Waals surface area (Å²) in [5.41, 5.74) is 1.59. The third-order valence-corrected chi connectivity index (χ3v) is 5.18. The van der Waals surface area contributed by atoms with E-state index in [1.165, 1.54) is 6.07 Å². The zero-order valence-corrected chi connectivity index (χ0v) is 18.3. The van der Waals surface area contributed by atoms with Crippen LogP contribution in [0.1, 0.15) is 5.69 Å². The maximum absolute atomic E-state index is 9.33. The molecule has 0 aliphatic heterocycles. The van der Waals surface area contributed by atoms with Crippen molar-refractivity contribution in [3.8, 4) is 17.5 Å². The Morgan fingerprint density at radius 2 is 1.97 bits per heavy atom. The van der Waals surface area contributed by atoms with Crippen molar-refractivity contribution in [2.24, 2.45) is 0 Å². The highest BCUT2D eigenvalue weighted by Crippen LogP contribution is 2.37. The van der Waals surface area contributed by atoms with E-state index < -0.39 is 0 Å². The van der Waals surface area contributed by atoms with Crippen LogP contribution >= 0.6 is 34.8 Å². The average molecular weight is 467 g/mol. The molecule has 0 aliphatic carbocycles. The van der Waals surface area contributed by atoms with E-state index >= 15 is 0 Å². The number of hydrogen-bond acceptors (Lipinski definition) is 7. The van der Waals surface area contributed by atoms with E-state index in [1.54, 1.807) is 18.5 Å². The number of hydrogen-bond donors (Lipinski definition) is 1. The van der Waals surface area contributed by atoms with Crippen molar-refractivity contribution in [1.29, 1.82) is 5.26 Å². The molecule has 0 amide bonds. The lowest BCUT2D eigenvalue weighted by molar-refractivity contribution is 0.150. The van der Waals surface area contributed by atoms with Gasteiger partial charge in [0.1, 0.15) is 6.07 Å². The Bertz CT molecular complexity index is 1040. The van der Waals surface area contributed by atoms with Gasteiger partial charge in [-0.15, -0.1) is 0 Å². The highest BCUT2D eigenvalue weighted by atomic mass is 35.5. The molecule has 2 aromatic heterocycles. The van der Waals surface area contributed by atoms with Gasteiger partial charge in [-0.25, -0.2) is 0 Å². The van der Waals surface area contributed by atoms with E-state index in [0.29, 0.717) is 30.3 Å². The van der Waals surface area contributed by atoms with Crippen molar-refractivity contribution in [1.82, 2.24) is 9.97 Å². The second-order valence-electron chi connectivity index (χ2n) is 6.22. The highest BCUT2D eigenvalue weighted by molar-refractivity contribution is 6.44. The lowest BCUT2D eigenvalue weighted by atomic mass is 10.2. The molecular formula is C20H18Cl3N5O2. The first-order valence-corrected chi connectivity index (χ1v) is 10.1. The Balaban J connectivity index is 1.52. The second-order valence-corrected chi connectivity index (χ2v) is 7.45. The van der Waals surface area contributed by atoms with E-state index in [-0.39, 0.29) is 27.5 Å². The number of nitrogens with zero attached hydrogens (tertiary/aromatic N) is 4. The number of likely N-dealkylation sites (N-methyl/N-ethyl adjacent to an activating group) is 1. The molecule has 1 N–H and O–H groups in total.